The number of rotatable bonds is 1. The van der Waals surface area contributed by atoms with Crippen molar-refractivity contribution in [2.24, 2.45) is 5.92 Å². The lowest BCUT2D eigenvalue weighted by atomic mass is 9.86. The predicted molar refractivity (Wildman–Crippen MR) is 75.1 cm³/mol. The van der Waals surface area contributed by atoms with Crippen LogP contribution in [0, 0.1) is 5.92 Å². The van der Waals surface area contributed by atoms with Crippen LogP contribution in [-0.2, 0) is 6.42 Å². The van der Waals surface area contributed by atoms with E-state index in [9.17, 15) is 5.11 Å². The van der Waals surface area contributed by atoms with E-state index in [1.807, 2.05) is 12.1 Å². The van der Waals surface area contributed by atoms with Crippen LogP contribution in [0.25, 0.3) is 10.6 Å². The van der Waals surface area contributed by atoms with E-state index in [1.165, 1.54) is 17.0 Å². The lowest BCUT2D eigenvalue weighted by Crippen LogP contribution is -2.12. The van der Waals surface area contributed by atoms with E-state index < -0.39 is 0 Å². The largest absolute Gasteiger partial charge is 0.508 e. The summed E-state index contributed by atoms with van der Waals surface area (Å²) >= 11 is 1.79. The molecular weight excluding hydrogens is 242 g/mol. The second-order valence-corrected chi connectivity index (χ2v) is 6.36. The van der Waals surface area contributed by atoms with Gasteiger partial charge in [-0.05, 0) is 36.8 Å². The van der Waals surface area contributed by atoms with Gasteiger partial charge in [-0.15, -0.1) is 11.3 Å². The van der Waals surface area contributed by atoms with E-state index in [4.69, 9.17) is 4.98 Å². The van der Waals surface area contributed by atoms with Gasteiger partial charge in [0.25, 0.3) is 0 Å². The third-order valence-electron chi connectivity index (χ3n) is 3.57. The molecule has 0 saturated carbocycles. The first-order valence-corrected chi connectivity index (χ1v) is 7.24. The van der Waals surface area contributed by atoms with E-state index in [0.29, 0.717) is 11.7 Å². The summed E-state index contributed by atoms with van der Waals surface area (Å²) in [6, 6.07) is 7.37. The fourth-order valence-electron chi connectivity index (χ4n) is 2.78. The first kappa shape index (κ1) is 11.7. The van der Waals surface area contributed by atoms with Crippen molar-refractivity contribution in [2.75, 3.05) is 0 Å². The molecule has 1 aliphatic carbocycles. The number of aromatic hydroxyl groups is 1. The third-order valence-corrected chi connectivity index (χ3v) is 4.94. The predicted octanol–water partition coefficient (Wildman–Crippen LogP) is 4.20. The van der Waals surface area contributed by atoms with Crippen LogP contribution in [0.2, 0.25) is 0 Å². The highest BCUT2D eigenvalue weighted by molar-refractivity contribution is 7.15. The van der Waals surface area contributed by atoms with Crippen LogP contribution in [0.4, 0.5) is 0 Å². The van der Waals surface area contributed by atoms with Crippen molar-refractivity contribution < 1.29 is 5.11 Å². The molecule has 18 heavy (non-hydrogen) atoms. The maximum Gasteiger partial charge on any atom is 0.124 e. The molecule has 0 amide bonds. The van der Waals surface area contributed by atoms with Gasteiger partial charge in [-0.3, -0.25) is 0 Å². The van der Waals surface area contributed by atoms with E-state index in [2.05, 4.69) is 13.8 Å². The van der Waals surface area contributed by atoms with Crippen LogP contribution in [0.3, 0.4) is 0 Å². The van der Waals surface area contributed by atoms with Crippen molar-refractivity contribution in [3.8, 4) is 16.3 Å². The van der Waals surface area contributed by atoms with Crippen LogP contribution in [-0.4, -0.2) is 10.1 Å². The van der Waals surface area contributed by atoms with Gasteiger partial charge in [-0.1, -0.05) is 26.0 Å². The Hall–Kier alpha value is -1.35. The first-order chi connectivity index (χ1) is 8.63. The molecule has 2 aromatic rings. The Bertz CT molecular complexity index is 576. The molecule has 0 saturated heterocycles. The van der Waals surface area contributed by atoms with Gasteiger partial charge in [-0.25, -0.2) is 4.98 Å². The maximum atomic E-state index is 9.55. The summed E-state index contributed by atoms with van der Waals surface area (Å²) in [5, 5.41) is 10.6. The molecule has 3 heteroatoms. The smallest absolute Gasteiger partial charge is 0.124 e. The lowest BCUT2D eigenvalue weighted by molar-refractivity contribution is 0.450. The maximum absolute atomic E-state index is 9.55. The zero-order chi connectivity index (χ0) is 12.7. The van der Waals surface area contributed by atoms with Gasteiger partial charge < -0.3 is 5.11 Å². The Labute approximate surface area is 111 Å². The standard InChI is InChI=1S/C15H17NOS/c1-9-6-10(2)14-13(7-9)16-15(18-14)11-4-3-5-12(17)8-11/h3-5,8-10,17H,6-7H2,1-2H3. The summed E-state index contributed by atoms with van der Waals surface area (Å²) in [5.74, 6) is 1.65. The number of aromatic nitrogens is 1. The van der Waals surface area contributed by atoms with Crippen LogP contribution in [0.1, 0.15) is 36.8 Å². The SMILES string of the molecule is CC1Cc2nc(-c3cccc(O)c3)sc2C(C)C1. The van der Waals surface area contributed by atoms with E-state index in [1.54, 1.807) is 23.5 Å². The van der Waals surface area contributed by atoms with E-state index in [-0.39, 0.29) is 0 Å². The van der Waals surface area contributed by atoms with Gasteiger partial charge in [0, 0.05) is 10.4 Å². The molecule has 2 unspecified atom stereocenters. The first-order valence-electron chi connectivity index (χ1n) is 6.42. The minimum absolute atomic E-state index is 0.307. The van der Waals surface area contributed by atoms with Crippen molar-refractivity contribution in [1.82, 2.24) is 4.98 Å². The number of phenols is 1. The Morgan fingerprint density at radius 2 is 2.17 bits per heavy atom. The zero-order valence-electron chi connectivity index (χ0n) is 10.7. The highest BCUT2D eigenvalue weighted by atomic mass is 32.1. The minimum atomic E-state index is 0.307. The number of fused-ring (bicyclic) bond motifs is 1. The Morgan fingerprint density at radius 1 is 1.33 bits per heavy atom. The molecule has 2 atom stereocenters. The number of hydrogen-bond donors (Lipinski definition) is 1. The Morgan fingerprint density at radius 3 is 2.94 bits per heavy atom. The molecule has 0 radical (unpaired) electrons. The molecule has 0 spiro atoms. The Kier molecular flexibility index (Phi) is 2.86. The van der Waals surface area contributed by atoms with Crippen LogP contribution >= 0.6 is 11.3 Å². The van der Waals surface area contributed by atoms with Gasteiger partial charge in [0.1, 0.15) is 10.8 Å². The van der Waals surface area contributed by atoms with E-state index >= 15 is 0 Å². The van der Waals surface area contributed by atoms with Crippen molar-refractivity contribution in [3.63, 3.8) is 0 Å². The van der Waals surface area contributed by atoms with Gasteiger partial charge in [0.2, 0.25) is 0 Å². The van der Waals surface area contributed by atoms with Crippen molar-refractivity contribution >= 4 is 11.3 Å². The molecule has 1 aromatic carbocycles. The molecule has 0 fully saturated rings. The molecule has 0 bridgehead atoms. The molecule has 0 aliphatic heterocycles. The van der Waals surface area contributed by atoms with Crippen molar-refractivity contribution in [1.29, 1.82) is 0 Å². The number of thiazole rings is 1. The number of nitrogens with zero attached hydrogens (tertiary/aromatic N) is 1. The quantitative estimate of drug-likeness (QED) is 0.832. The molecule has 1 aliphatic rings. The molecule has 3 rings (SSSR count). The summed E-state index contributed by atoms with van der Waals surface area (Å²) in [7, 11) is 0. The summed E-state index contributed by atoms with van der Waals surface area (Å²) in [4.78, 5) is 6.21. The second-order valence-electron chi connectivity index (χ2n) is 5.33. The van der Waals surface area contributed by atoms with Crippen LogP contribution < -0.4 is 0 Å². The summed E-state index contributed by atoms with van der Waals surface area (Å²) in [6.07, 6.45) is 2.35. The van der Waals surface area contributed by atoms with Crippen LogP contribution in [0.5, 0.6) is 5.75 Å². The molecular formula is C15H17NOS. The molecule has 94 valence electrons. The second kappa shape index (κ2) is 4.39. The fourth-order valence-corrected chi connectivity index (χ4v) is 3.93. The number of benzene rings is 1. The van der Waals surface area contributed by atoms with Crippen molar-refractivity contribution in [2.45, 2.75) is 32.6 Å². The van der Waals surface area contributed by atoms with Gasteiger partial charge in [0.05, 0.1) is 5.69 Å². The lowest BCUT2D eigenvalue weighted by Gasteiger charge is -2.22. The average molecular weight is 259 g/mol. The number of hydrogen-bond acceptors (Lipinski definition) is 3. The molecule has 2 nitrogen and oxygen atoms in total. The topological polar surface area (TPSA) is 33.1 Å². The van der Waals surface area contributed by atoms with Crippen molar-refractivity contribution in [3.05, 3.63) is 34.8 Å². The van der Waals surface area contributed by atoms with Gasteiger partial charge in [-0.2, -0.15) is 0 Å². The zero-order valence-corrected chi connectivity index (χ0v) is 11.5. The molecule has 1 heterocycles. The van der Waals surface area contributed by atoms with Gasteiger partial charge >= 0.3 is 0 Å². The highest BCUT2D eigenvalue weighted by Gasteiger charge is 2.25. The average Bonchev–Trinajstić information content (AvgIpc) is 2.73. The van der Waals surface area contributed by atoms with Gasteiger partial charge in [0.15, 0.2) is 0 Å². The summed E-state index contributed by atoms with van der Waals surface area (Å²) in [6.45, 7) is 4.59. The highest BCUT2D eigenvalue weighted by Crippen LogP contribution is 2.40. The number of phenolic OH excluding ortho intramolecular Hbond substituents is 1. The monoisotopic (exact) mass is 259 g/mol. The van der Waals surface area contributed by atoms with E-state index in [0.717, 1.165) is 22.9 Å². The normalized spacial score (nSPS) is 22.8. The van der Waals surface area contributed by atoms with Crippen LogP contribution in [0.15, 0.2) is 24.3 Å². The molecule has 1 N–H and O–H groups in total. The summed E-state index contributed by atoms with van der Waals surface area (Å²) in [5.41, 5.74) is 2.29. The minimum Gasteiger partial charge on any atom is -0.508 e. The third kappa shape index (κ3) is 2.03. The fraction of sp³-hybridized carbons (Fsp3) is 0.400. The molecule has 1 aromatic heterocycles. The Balaban J connectivity index is 2.03. The summed E-state index contributed by atoms with van der Waals surface area (Å²) < 4.78 is 0.